The molecule has 24 heavy (non-hydrogen) atoms. The van der Waals surface area contributed by atoms with E-state index in [1.54, 1.807) is 0 Å². The van der Waals surface area contributed by atoms with Gasteiger partial charge in [0.1, 0.15) is 5.01 Å². The first kappa shape index (κ1) is 16.9. The van der Waals surface area contributed by atoms with E-state index in [-0.39, 0.29) is 11.0 Å². The van der Waals surface area contributed by atoms with E-state index in [0.717, 1.165) is 26.0 Å². The summed E-state index contributed by atoms with van der Waals surface area (Å²) in [4.78, 5) is 13.1. The lowest BCUT2D eigenvalue weighted by atomic mass is 10.0. The topological polar surface area (TPSA) is 42.9 Å². The van der Waals surface area contributed by atoms with E-state index in [1.807, 2.05) is 69.3 Å². The molecule has 0 saturated heterocycles. The van der Waals surface area contributed by atoms with Crippen LogP contribution >= 0.6 is 23.1 Å². The Labute approximate surface area is 150 Å². The number of nitrogens with zero attached hydrogens (tertiary/aromatic N) is 2. The third kappa shape index (κ3) is 3.91. The summed E-state index contributed by atoms with van der Waals surface area (Å²) in [5.41, 5.74) is 4.03. The number of ketones is 1. The van der Waals surface area contributed by atoms with Gasteiger partial charge in [0.25, 0.3) is 0 Å². The average molecular weight is 355 g/mol. The Morgan fingerprint density at radius 2 is 1.50 bits per heavy atom. The number of rotatable bonds is 5. The van der Waals surface area contributed by atoms with Gasteiger partial charge in [0.05, 0.1) is 5.25 Å². The van der Waals surface area contributed by atoms with E-state index in [2.05, 4.69) is 10.2 Å². The molecule has 0 aliphatic carbocycles. The molecule has 0 unspecified atom stereocenters. The van der Waals surface area contributed by atoms with Crippen molar-refractivity contribution in [2.24, 2.45) is 0 Å². The molecule has 3 aromatic rings. The van der Waals surface area contributed by atoms with Gasteiger partial charge in [-0.05, 0) is 26.3 Å². The van der Waals surface area contributed by atoms with E-state index < -0.39 is 0 Å². The van der Waals surface area contributed by atoms with Crippen LogP contribution < -0.4 is 0 Å². The second kappa shape index (κ2) is 7.28. The van der Waals surface area contributed by atoms with Gasteiger partial charge < -0.3 is 0 Å². The van der Waals surface area contributed by atoms with Crippen molar-refractivity contribution in [2.75, 3.05) is 0 Å². The number of aromatic nitrogens is 2. The number of benzene rings is 2. The van der Waals surface area contributed by atoms with Crippen LogP contribution in [0, 0.1) is 20.8 Å². The van der Waals surface area contributed by atoms with Crippen molar-refractivity contribution in [2.45, 2.75) is 30.4 Å². The highest BCUT2D eigenvalue weighted by molar-refractivity contribution is 8.01. The molecule has 2 aromatic carbocycles. The quantitative estimate of drug-likeness (QED) is 0.468. The molecule has 1 aromatic heterocycles. The zero-order valence-electron chi connectivity index (χ0n) is 13.8. The van der Waals surface area contributed by atoms with Crippen LogP contribution in [0.1, 0.15) is 37.3 Å². The van der Waals surface area contributed by atoms with Gasteiger partial charge in [-0.25, -0.2) is 0 Å². The fourth-order valence-corrected chi connectivity index (χ4v) is 4.40. The maximum absolute atomic E-state index is 13.1. The Hall–Kier alpha value is -1.98. The summed E-state index contributed by atoms with van der Waals surface area (Å²) in [5.74, 6) is 0.0942. The predicted molar refractivity (Wildman–Crippen MR) is 99.9 cm³/mol. The molecule has 0 aliphatic heterocycles. The van der Waals surface area contributed by atoms with Gasteiger partial charge in [0, 0.05) is 5.56 Å². The van der Waals surface area contributed by atoms with Crippen LogP contribution in [-0.4, -0.2) is 16.0 Å². The van der Waals surface area contributed by atoms with E-state index in [0.29, 0.717) is 0 Å². The van der Waals surface area contributed by atoms with Crippen LogP contribution in [0.3, 0.4) is 0 Å². The van der Waals surface area contributed by atoms with Crippen LogP contribution in [0.25, 0.3) is 0 Å². The van der Waals surface area contributed by atoms with Gasteiger partial charge in [-0.1, -0.05) is 82.8 Å². The first-order valence-corrected chi connectivity index (χ1v) is 9.37. The van der Waals surface area contributed by atoms with E-state index in [4.69, 9.17) is 0 Å². The first-order valence-electron chi connectivity index (χ1n) is 7.67. The summed E-state index contributed by atoms with van der Waals surface area (Å²) in [6, 6.07) is 15.8. The lowest BCUT2D eigenvalue weighted by Gasteiger charge is -2.15. The van der Waals surface area contributed by atoms with Gasteiger partial charge in [0.15, 0.2) is 10.1 Å². The number of hydrogen-bond donors (Lipinski definition) is 0. The fourth-order valence-electron chi connectivity index (χ4n) is 2.31. The highest BCUT2D eigenvalue weighted by Crippen LogP contribution is 2.39. The average Bonchev–Trinajstić information content (AvgIpc) is 2.99. The van der Waals surface area contributed by atoms with Crippen molar-refractivity contribution in [1.29, 1.82) is 0 Å². The number of hydrogen-bond acceptors (Lipinski definition) is 5. The van der Waals surface area contributed by atoms with Crippen molar-refractivity contribution in [3.63, 3.8) is 0 Å². The minimum Gasteiger partial charge on any atom is -0.293 e. The van der Waals surface area contributed by atoms with Crippen molar-refractivity contribution in [3.8, 4) is 0 Å². The number of carbonyl (C=O) groups is 1. The maximum atomic E-state index is 13.1. The highest BCUT2D eigenvalue weighted by Gasteiger charge is 2.25. The largest absolute Gasteiger partial charge is 0.293 e. The summed E-state index contributed by atoms with van der Waals surface area (Å²) in [5, 5.41) is 8.81. The molecule has 0 fully saturated rings. The first-order chi connectivity index (χ1) is 11.5. The monoisotopic (exact) mass is 354 g/mol. The number of aryl methyl sites for hydroxylation is 3. The van der Waals surface area contributed by atoms with Gasteiger partial charge >= 0.3 is 0 Å². The number of thioether (sulfide) groups is 1. The molecule has 5 heteroatoms. The zero-order chi connectivity index (χ0) is 17.1. The molecule has 0 aliphatic rings. The molecule has 0 saturated carbocycles. The number of carbonyl (C=O) groups excluding carboxylic acids is 1. The van der Waals surface area contributed by atoms with Crippen molar-refractivity contribution in [3.05, 3.63) is 75.8 Å². The lowest BCUT2D eigenvalue weighted by Crippen LogP contribution is -2.10. The van der Waals surface area contributed by atoms with Crippen molar-refractivity contribution >= 4 is 28.9 Å². The summed E-state index contributed by atoms with van der Waals surface area (Å²) in [6.45, 7) is 5.98. The Balaban J connectivity index is 1.95. The minimum atomic E-state index is -0.319. The lowest BCUT2D eigenvalue weighted by molar-refractivity contribution is 0.0989. The fraction of sp³-hybridized carbons (Fsp3) is 0.211. The smallest absolute Gasteiger partial charge is 0.180 e. The molecule has 122 valence electrons. The molecule has 0 N–H and O–H groups in total. The standard InChI is InChI=1S/C19H18N2OS2/c1-12-4-8-15(9-5-12)17(22)18(16-10-6-13(2)7-11-16)24-19-21-20-14(3)23-19/h4-11,18H,1-3H3/t18-/m1/s1. The Kier molecular flexibility index (Phi) is 5.11. The molecule has 0 amide bonds. The second-order valence-electron chi connectivity index (χ2n) is 5.73. The molecule has 0 bridgehead atoms. The summed E-state index contributed by atoms with van der Waals surface area (Å²) < 4.78 is 0.818. The SMILES string of the molecule is Cc1ccc(C(=O)[C@H](Sc2nnc(C)s2)c2ccc(C)cc2)cc1. The van der Waals surface area contributed by atoms with Crippen LogP contribution in [0.2, 0.25) is 0 Å². The zero-order valence-corrected chi connectivity index (χ0v) is 15.4. The number of Topliss-reactive ketones (excluding diaryl/α,β-unsaturated/α-hetero) is 1. The summed E-state index contributed by atoms with van der Waals surface area (Å²) in [6.07, 6.45) is 0. The normalized spacial score (nSPS) is 12.1. The molecule has 0 spiro atoms. The van der Waals surface area contributed by atoms with Gasteiger partial charge in [-0.3, -0.25) is 4.79 Å². The van der Waals surface area contributed by atoms with Gasteiger partial charge in [-0.2, -0.15) is 0 Å². The molecule has 3 nitrogen and oxygen atoms in total. The molecular formula is C19H18N2OS2. The van der Waals surface area contributed by atoms with Crippen molar-refractivity contribution in [1.82, 2.24) is 10.2 Å². The third-order valence-corrected chi connectivity index (χ3v) is 5.86. The van der Waals surface area contributed by atoms with E-state index in [1.165, 1.54) is 28.7 Å². The van der Waals surface area contributed by atoms with E-state index in [9.17, 15) is 4.79 Å². The predicted octanol–water partition coefficient (Wildman–Crippen LogP) is 5.18. The van der Waals surface area contributed by atoms with Crippen LogP contribution in [0.4, 0.5) is 0 Å². The molecule has 3 rings (SSSR count). The van der Waals surface area contributed by atoms with Crippen molar-refractivity contribution < 1.29 is 4.79 Å². The second-order valence-corrected chi connectivity index (χ2v) is 8.26. The minimum absolute atomic E-state index is 0.0942. The molecule has 1 heterocycles. The summed E-state index contributed by atoms with van der Waals surface area (Å²) in [7, 11) is 0. The van der Waals surface area contributed by atoms with Crippen LogP contribution in [-0.2, 0) is 0 Å². The van der Waals surface area contributed by atoms with E-state index >= 15 is 0 Å². The Morgan fingerprint density at radius 3 is 2.04 bits per heavy atom. The molecular weight excluding hydrogens is 336 g/mol. The third-order valence-electron chi connectivity index (χ3n) is 3.68. The Bertz CT molecular complexity index is 839. The Morgan fingerprint density at radius 1 is 0.917 bits per heavy atom. The molecule has 1 atom stereocenters. The molecule has 0 radical (unpaired) electrons. The maximum Gasteiger partial charge on any atom is 0.180 e. The van der Waals surface area contributed by atoms with Crippen LogP contribution in [0.5, 0.6) is 0 Å². The van der Waals surface area contributed by atoms with Gasteiger partial charge in [-0.15, -0.1) is 10.2 Å². The highest BCUT2D eigenvalue weighted by atomic mass is 32.2. The van der Waals surface area contributed by atoms with Crippen LogP contribution in [0.15, 0.2) is 52.9 Å². The summed E-state index contributed by atoms with van der Waals surface area (Å²) >= 11 is 2.99. The van der Waals surface area contributed by atoms with Gasteiger partial charge in [0.2, 0.25) is 0 Å².